The van der Waals surface area contributed by atoms with Crippen LogP contribution in [0.5, 0.6) is 0 Å². The Balaban J connectivity index is 2.85. The maximum atomic E-state index is 12.2. The summed E-state index contributed by atoms with van der Waals surface area (Å²) in [4.78, 5) is 12.2. The summed E-state index contributed by atoms with van der Waals surface area (Å²) in [5.41, 5.74) is 1.59. The van der Waals surface area contributed by atoms with Gasteiger partial charge < -0.3 is 13.6 Å². The third kappa shape index (κ3) is 8.14. The maximum Gasteiger partial charge on any atom is 0.338 e. The van der Waals surface area contributed by atoms with Gasteiger partial charge in [-0.3, -0.25) is 0 Å². The first-order valence-electron chi connectivity index (χ1n) is 10.7. The summed E-state index contributed by atoms with van der Waals surface area (Å²) in [6.45, 7) is 23.6. The zero-order chi connectivity index (χ0) is 23.2. The van der Waals surface area contributed by atoms with Crippen molar-refractivity contribution in [2.75, 3.05) is 19.8 Å². The van der Waals surface area contributed by atoms with Gasteiger partial charge in [-0.15, -0.1) is 0 Å². The Kier molecular flexibility index (Phi) is 9.29. The van der Waals surface area contributed by atoms with E-state index in [0.29, 0.717) is 18.8 Å². The molecule has 0 atom stereocenters. The van der Waals surface area contributed by atoms with Crippen LogP contribution in [0.25, 0.3) is 0 Å². The summed E-state index contributed by atoms with van der Waals surface area (Å²) in [5.74, 6) is -0.318. The van der Waals surface area contributed by atoms with Crippen LogP contribution in [0.15, 0.2) is 42.0 Å². The summed E-state index contributed by atoms with van der Waals surface area (Å²) in [6.07, 6.45) is 1.95. The van der Waals surface area contributed by atoms with Crippen molar-refractivity contribution in [1.82, 2.24) is 0 Å². The number of hydrogen-bond acceptors (Lipinski definition) is 4. The van der Waals surface area contributed by atoms with Crippen LogP contribution >= 0.6 is 0 Å². The average Bonchev–Trinajstić information content (AvgIpc) is 2.62. The molecule has 1 aromatic carbocycles. The van der Waals surface area contributed by atoms with Gasteiger partial charge in [-0.25, -0.2) is 4.79 Å². The molecule has 0 N–H and O–H groups in total. The van der Waals surface area contributed by atoms with E-state index in [4.69, 9.17) is 13.6 Å². The molecular weight excluding hydrogens is 408 g/mol. The Bertz CT molecular complexity index is 679. The van der Waals surface area contributed by atoms with Crippen molar-refractivity contribution in [2.24, 2.45) is 0 Å². The van der Waals surface area contributed by atoms with Gasteiger partial charge in [0.25, 0.3) is 0 Å². The van der Waals surface area contributed by atoms with Crippen LogP contribution in [0.1, 0.15) is 51.9 Å². The quantitative estimate of drug-likeness (QED) is 0.235. The minimum Gasteiger partial charge on any atom is -0.458 e. The molecule has 0 aliphatic heterocycles. The van der Waals surface area contributed by atoms with Crippen LogP contribution in [0.2, 0.25) is 36.3 Å². The highest BCUT2D eigenvalue weighted by molar-refractivity contribution is 6.74. The molecule has 6 heteroatoms. The van der Waals surface area contributed by atoms with E-state index in [1.54, 1.807) is 12.1 Å². The van der Waals surface area contributed by atoms with Gasteiger partial charge in [0.15, 0.2) is 16.6 Å². The normalized spacial score (nSPS) is 13.1. The molecule has 0 heterocycles. The van der Waals surface area contributed by atoms with Crippen molar-refractivity contribution in [3.63, 3.8) is 0 Å². The third-order valence-electron chi connectivity index (χ3n) is 6.45. The van der Waals surface area contributed by atoms with Gasteiger partial charge >= 0.3 is 5.97 Å². The van der Waals surface area contributed by atoms with Crippen molar-refractivity contribution in [3.05, 3.63) is 47.5 Å². The molecule has 4 nitrogen and oxygen atoms in total. The number of rotatable bonds is 9. The molecule has 1 rings (SSSR count). The molecule has 0 amide bonds. The second-order valence-corrected chi connectivity index (χ2v) is 20.5. The molecule has 0 unspecified atom stereocenters. The van der Waals surface area contributed by atoms with Crippen LogP contribution in [0, 0.1) is 0 Å². The SMILES string of the molecule is CC(C)(C)[Si](C)(C)OCC(=CCOC(=O)c1ccccc1)CO[Si](C)(C)C(C)(C)C. The van der Waals surface area contributed by atoms with E-state index in [0.717, 1.165) is 5.57 Å². The maximum absolute atomic E-state index is 12.2. The van der Waals surface area contributed by atoms with E-state index in [1.807, 2.05) is 24.3 Å². The lowest BCUT2D eigenvalue weighted by atomic mass is 10.2. The summed E-state index contributed by atoms with van der Waals surface area (Å²) in [7, 11) is -3.77. The molecule has 0 aromatic heterocycles. The first-order valence-corrected chi connectivity index (χ1v) is 16.6. The highest BCUT2D eigenvalue weighted by Crippen LogP contribution is 2.38. The van der Waals surface area contributed by atoms with Gasteiger partial charge in [0.2, 0.25) is 0 Å². The molecule has 0 aliphatic rings. The van der Waals surface area contributed by atoms with E-state index in [-0.39, 0.29) is 22.7 Å². The van der Waals surface area contributed by atoms with E-state index in [9.17, 15) is 4.79 Å². The van der Waals surface area contributed by atoms with Gasteiger partial charge in [0, 0.05) is 0 Å². The fourth-order valence-electron chi connectivity index (χ4n) is 2.03. The lowest BCUT2D eigenvalue weighted by molar-refractivity contribution is 0.0547. The van der Waals surface area contributed by atoms with E-state index in [1.165, 1.54) is 0 Å². The fraction of sp³-hybridized carbons (Fsp3) is 0.625. The molecule has 0 radical (unpaired) electrons. The predicted octanol–water partition coefficient (Wildman–Crippen LogP) is 6.81. The highest BCUT2D eigenvalue weighted by atomic mass is 28.4. The molecule has 0 fully saturated rings. The third-order valence-corrected chi connectivity index (χ3v) is 15.4. The Morgan fingerprint density at radius 3 is 1.67 bits per heavy atom. The van der Waals surface area contributed by atoms with Crippen LogP contribution in [0.4, 0.5) is 0 Å². The second-order valence-electron chi connectivity index (χ2n) is 10.9. The first-order chi connectivity index (χ1) is 13.6. The predicted molar refractivity (Wildman–Crippen MR) is 131 cm³/mol. The standard InChI is InChI=1S/C24H42O4Si2/c1-23(2,3)29(7,8)27-18-20(19-28-30(9,10)24(4,5)6)16-17-26-22(25)21-14-12-11-13-15-21/h11-16H,17-19H2,1-10H3. The summed E-state index contributed by atoms with van der Waals surface area (Å²) in [6, 6.07) is 9.06. The minimum atomic E-state index is -1.89. The number of ether oxygens (including phenoxy) is 1. The molecule has 0 saturated carbocycles. The largest absolute Gasteiger partial charge is 0.458 e. The van der Waals surface area contributed by atoms with Crippen molar-refractivity contribution < 1.29 is 18.4 Å². The fourth-order valence-corrected chi connectivity index (χ4v) is 3.99. The van der Waals surface area contributed by atoms with Crippen molar-refractivity contribution in [3.8, 4) is 0 Å². The Hall–Kier alpha value is -1.22. The lowest BCUT2D eigenvalue weighted by Gasteiger charge is -2.38. The Morgan fingerprint density at radius 1 is 0.833 bits per heavy atom. The molecule has 0 bridgehead atoms. The summed E-state index contributed by atoms with van der Waals surface area (Å²) >= 11 is 0. The zero-order valence-electron chi connectivity index (χ0n) is 20.7. The van der Waals surface area contributed by atoms with Crippen LogP contribution in [0.3, 0.4) is 0 Å². The topological polar surface area (TPSA) is 44.8 Å². The van der Waals surface area contributed by atoms with Crippen molar-refractivity contribution >= 4 is 22.6 Å². The molecular formula is C24H42O4Si2. The Labute approximate surface area is 186 Å². The van der Waals surface area contributed by atoms with Gasteiger partial charge in [0.05, 0.1) is 18.8 Å². The minimum absolute atomic E-state index is 0.137. The monoisotopic (exact) mass is 450 g/mol. The van der Waals surface area contributed by atoms with Crippen molar-refractivity contribution in [2.45, 2.75) is 77.8 Å². The van der Waals surface area contributed by atoms with Crippen LogP contribution in [-0.2, 0) is 13.6 Å². The number of hydrogen-bond donors (Lipinski definition) is 0. The number of benzene rings is 1. The summed E-state index contributed by atoms with van der Waals surface area (Å²) in [5, 5.41) is 0.274. The second kappa shape index (κ2) is 10.4. The molecule has 30 heavy (non-hydrogen) atoms. The van der Waals surface area contributed by atoms with Gasteiger partial charge in [-0.05, 0) is 60.0 Å². The van der Waals surface area contributed by atoms with E-state index < -0.39 is 16.6 Å². The van der Waals surface area contributed by atoms with Crippen molar-refractivity contribution in [1.29, 1.82) is 0 Å². The molecule has 170 valence electrons. The number of esters is 1. The highest BCUT2D eigenvalue weighted by Gasteiger charge is 2.38. The number of carbonyl (C=O) groups is 1. The van der Waals surface area contributed by atoms with Gasteiger partial charge in [0.1, 0.15) is 6.61 Å². The Morgan fingerprint density at radius 2 is 1.27 bits per heavy atom. The van der Waals surface area contributed by atoms with E-state index in [2.05, 4.69) is 67.7 Å². The molecule has 0 saturated heterocycles. The molecule has 0 aliphatic carbocycles. The summed E-state index contributed by atoms with van der Waals surface area (Å²) < 4.78 is 18.3. The smallest absolute Gasteiger partial charge is 0.338 e. The van der Waals surface area contributed by atoms with Gasteiger partial charge in [-0.1, -0.05) is 59.7 Å². The molecule has 1 aromatic rings. The lowest BCUT2D eigenvalue weighted by Crippen LogP contribution is -2.43. The van der Waals surface area contributed by atoms with Crippen LogP contribution in [-0.4, -0.2) is 42.4 Å². The van der Waals surface area contributed by atoms with Gasteiger partial charge in [-0.2, -0.15) is 0 Å². The number of carbonyl (C=O) groups excluding carboxylic acids is 1. The average molecular weight is 451 g/mol. The zero-order valence-corrected chi connectivity index (χ0v) is 22.7. The molecule has 0 spiro atoms. The first kappa shape index (κ1) is 26.8. The van der Waals surface area contributed by atoms with Crippen LogP contribution < -0.4 is 0 Å². The van der Waals surface area contributed by atoms with E-state index >= 15 is 0 Å².